The Morgan fingerprint density at radius 3 is 2.52 bits per heavy atom. The number of aromatic nitrogens is 1. The molecule has 0 radical (unpaired) electrons. The highest BCUT2D eigenvalue weighted by Crippen LogP contribution is 2.10. The number of nitrogens with one attached hydrogen (secondary N) is 1. The average Bonchev–Trinajstić information content (AvgIpc) is 2.49. The van der Waals surface area contributed by atoms with Gasteiger partial charge in [-0.1, -0.05) is 0 Å². The van der Waals surface area contributed by atoms with Crippen LogP contribution in [0.25, 0.3) is 0 Å². The molecule has 0 aromatic carbocycles. The summed E-state index contributed by atoms with van der Waals surface area (Å²) < 4.78 is 9.75. The van der Waals surface area contributed by atoms with Gasteiger partial charge in [0.15, 0.2) is 5.78 Å². The van der Waals surface area contributed by atoms with Gasteiger partial charge in [0.25, 0.3) is 0 Å². The fourth-order valence-electron chi connectivity index (χ4n) is 1.79. The summed E-state index contributed by atoms with van der Waals surface area (Å²) in [6, 6.07) is 2.35. The molecule has 1 aromatic rings. The highest BCUT2D eigenvalue weighted by Gasteiger charge is 2.25. The average molecular weight is 322 g/mol. The van der Waals surface area contributed by atoms with Crippen molar-refractivity contribution >= 4 is 17.8 Å². The zero-order valence-corrected chi connectivity index (χ0v) is 13.8. The molecule has 23 heavy (non-hydrogen) atoms. The molecule has 0 saturated heterocycles. The van der Waals surface area contributed by atoms with Gasteiger partial charge in [-0.3, -0.25) is 9.78 Å². The molecular formula is C16H22N2O5. The highest BCUT2D eigenvalue weighted by molar-refractivity contribution is 5.96. The lowest BCUT2D eigenvalue weighted by atomic mass is 10.0. The third-order valence-electron chi connectivity index (χ3n) is 2.82. The number of methoxy groups -OCH3 is 1. The van der Waals surface area contributed by atoms with Crippen molar-refractivity contribution < 1.29 is 23.9 Å². The maximum atomic E-state index is 12.0. The van der Waals surface area contributed by atoms with Gasteiger partial charge in [-0.2, -0.15) is 0 Å². The van der Waals surface area contributed by atoms with Crippen molar-refractivity contribution in [1.82, 2.24) is 10.3 Å². The number of carbonyl (C=O) groups is 3. The molecule has 0 spiro atoms. The second kappa shape index (κ2) is 8.26. The standard InChI is InChI=1S/C16H22N2O5/c1-16(2,3)23-15(21)18-12(14(20)22-4)7-8-13(19)11-6-5-9-17-10-11/h5-6,9-10,12H,7-8H2,1-4H3,(H,18,21)/t12-/m0/s1. The van der Waals surface area contributed by atoms with Gasteiger partial charge in [-0.25, -0.2) is 9.59 Å². The lowest BCUT2D eigenvalue weighted by Crippen LogP contribution is -2.44. The van der Waals surface area contributed by atoms with Crippen molar-refractivity contribution in [3.63, 3.8) is 0 Å². The topological polar surface area (TPSA) is 94.6 Å². The number of rotatable bonds is 6. The number of hydrogen-bond acceptors (Lipinski definition) is 6. The van der Waals surface area contributed by atoms with E-state index in [1.165, 1.54) is 13.3 Å². The van der Waals surface area contributed by atoms with Gasteiger partial charge in [0, 0.05) is 24.4 Å². The van der Waals surface area contributed by atoms with Crippen LogP contribution in [0.3, 0.4) is 0 Å². The molecule has 1 rings (SSSR count). The van der Waals surface area contributed by atoms with Crippen molar-refractivity contribution in [2.75, 3.05) is 7.11 Å². The van der Waals surface area contributed by atoms with Gasteiger partial charge < -0.3 is 14.8 Å². The van der Waals surface area contributed by atoms with Crippen LogP contribution in [0.2, 0.25) is 0 Å². The van der Waals surface area contributed by atoms with Gasteiger partial charge in [0.05, 0.1) is 7.11 Å². The molecule has 0 unspecified atom stereocenters. The number of hydrogen-bond donors (Lipinski definition) is 1. The molecule has 1 heterocycles. The SMILES string of the molecule is COC(=O)[C@H](CCC(=O)c1cccnc1)NC(=O)OC(C)(C)C. The van der Waals surface area contributed by atoms with E-state index in [2.05, 4.69) is 15.0 Å². The molecule has 0 aliphatic rings. The van der Waals surface area contributed by atoms with Crippen LogP contribution in [-0.4, -0.2) is 41.6 Å². The Balaban J connectivity index is 2.63. The number of alkyl carbamates (subject to hydrolysis) is 1. The van der Waals surface area contributed by atoms with E-state index in [9.17, 15) is 14.4 Å². The van der Waals surface area contributed by atoms with Crippen molar-refractivity contribution in [2.45, 2.75) is 45.3 Å². The summed E-state index contributed by atoms with van der Waals surface area (Å²) in [7, 11) is 1.22. The largest absolute Gasteiger partial charge is 0.467 e. The van der Waals surface area contributed by atoms with Crippen molar-refractivity contribution in [3.05, 3.63) is 30.1 Å². The van der Waals surface area contributed by atoms with Gasteiger partial charge in [-0.15, -0.1) is 0 Å². The Kier molecular flexibility index (Phi) is 6.68. The van der Waals surface area contributed by atoms with Crippen LogP contribution >= 0.6 is 0 Å². The molecule has 7 nitrogen and oxygen atoms in total. The van der Waals surface area contributed by atoms with Crippen LogP contribution in [-0.2, 0) is 14.3 Å². The summed E-state index contributed by atoms with van der Waals surface area (Å²) in [4.78, 5) is 39.4. The molecule has 0 saturated carbocycles. The van der Waals surface area contributed by atoms with E-state index in [0.717, 1.165) is 0 Å². The number of Topliss-reactive ketones (excluding diaryl/α,β-unsaturated/α-hetero) is 1. The van der Waals surface area contributed by atoms with Crippen LogP contribution < -0.4 is 5.32 Å². The predicted molar refractivity (Wildman–Crippen MR) is 83.0 cm³/mol. The normalized spacial score (nSPS) is 12.2. The third kappa shape index (κ3) is 6.90. The Bertz CT molecular complexity index is 551. The third-order valence-corrected chi connectivity index (χ3v) is 2.82. The van der Waals surface area contributed by atoms with Gasteiger partial charge in [0.2, 0.25) is 0 Å². The van der Waals surface area contributed by atoms with Crippen molar-refractivity contribution in [3.8, 4) is 0 Å². The summed E-state index contributed by atoms with van der Waals surface area (Å²) >= 11 is 0. The maximum absolute atomic E-state index is 12.0. The van der Waals surface area contributed by atoms with E-state index in [1.807, 2.05) is 0 Å². The van der Waals surface area contributed by atoms with E-state index in [1.54, 1.807) is 39.1 Å². The van der Waals surface area contributed by atoms with Crippen molar-refractivity contribution in [1.29, 1.82) is 0 Å². The molecule has 0 bridgehead atoms. The minimum atomic E-state index is -0.949. The minimum Gasteiger partial charge on any atom is -0.467 e. The first-order chi connectivity index (χ1) is 10.7. The smallest absolute Gasteiger partial charge is 0.408 e. The number of carbonyl (C=O) groups excluding carboxylic acids is 3. The van der Waals surface area contributed by atoms with E-state index in [-0.39, 0.29) is 18.6 Å². The van der Waals surface area contributed by atoms with Gasteiger partial charge in [-0.05, 0) is 39.3 Å². The summed E-state index contributed by atoms with van der Waals surface area (Å²) in [5.74, 6) is -0.798. The molecule has 1 atom stereocenters. The second-order valence-electron chi connectivity index (χ2n) is 5.93. The molecule has 7 heteroatoms. The summed E-state index contributed by atoms with van der Waals surface area (Å²) in [6.45, 7) is 5.14. The summed E-state index contributed by atoms with van der Waals surface area (Å²) in [5.41, 5.74) is -0.232. The van der Waals surface area contributed by atoms with E-state index in [0.29, 0.717) is 5.56 Å². The minimum absolute atomic E-state index is 0.0707. The molecule has 126 valence electrons. The maximum Gasteiger partial charge on any atom is 0.408 e. The van der Waals surface area contributed by atoms with E-state index >= 15 is 0 Å². The molecule has 1 aromatic heterocycles. The first-order valence-electron chi connectivity index (χ1n) is 7.23. The molecule has 1 amide bonds. The van der Waals surface area contributed by atoms with E-state index < -0.39 is 23.7 Å². The lowest BCUT2D eigenvalue weighted by molar-refractivity contribution is -0.143. The number of amides is 1. The second-order valence-corrected chi connectivity index (χ2v) is 5.93. The number of pyridine rings is 1. The van der Waals surface area contributed by atoms with Gasteiger partial charge >= 0.3 is 12.1 Å². The van der Waals surface area contributed by atoms with Crippen LogP contribution in [0.1, 0.15) is 44.0 Å². The quantitative estimate of drug-likeness (QED) is 0.637. The molecule has 0 fully saturated rings. The highest BCUT2D eigenvalue weighted by atomic mass is 16.6. The first-order valence-corrected chi connectivity index (χ1v) is 7.23. The Labute approximate surface area is 135 Å². The fraction of sp³-hybridized carbons (Fsp3) is 0.500. The van der Waals surface area contributed by atoms with Crippen LogP contribution in [0.5, 0.6) is 0 Å². The zero-order valence-electron chi connectivity index (χ0n) is 13.8. The summed E-state index contributed by atoms with van der Waals surface area (Å²) in [6.07, 6.45) is 2.47. The lowest BCUT2D eigenvalue weighted by Gasteiger charge is -2.22. The summed E-state index contributed by atoms with van der Waals surface area (Å²) in [5, 5.41) is 2.43. The van der Waals surface area contributed by atoms with Crippen molar-refractivity contribution in [2.24, 2.45) is 0 Å². The number of ketones is 1. The van der Waals surface area contributed by atoms with Crippen LogP contribution in [0, 0.1) is 0 Å². The predicted octanol–water partition coefficient (Wildman–Crippen LogP) is 2.11. The van der Waals surface area contributed by atoms with Crippen LogP contribution in [0.15, 0.2) is 24.5 Å². The monoisotopic (exact) mass is 322 g/mol. The Morgan fingerprint density at radius 1 is 1.30 bits per heavy atom. The number of ether oxygens (including phenoxy) is 2. The molecule has 0 aliphatic carbocycles. The zero-order chi connectivity index (χ0) is 17.5. The number of nitrogens with zero attached hydrogens (tertiary/aromatic N) is 1. The Morgan fingerprint density at radius 2 is 2.00 bits per heavy atom. The van der Waals surface area contributed by atoms with Crippen LogP contribution in [0.4, 0.5) is 4.79 Å². The fourth-order valence-corrected chi connectivity index (χ4v) is 1.79. The van der Waals surface area contributed by atoms with Gasteiger partial charge in [0.1, 0.15) is 11.6 Å². The first kappa shape index (κ1) is 18.6. The number of esters is 1. The van der Waals surface area contributed by atoms with E-state index in [4.69, 9.17) is 4.74 Å². The molecule has 0 aliphatic heterocycles. The molecule has 1 N–H and O–H groups in total. The Hall–Kier alpha value is -2.44. The molecular weight excluding hydrogens is 300 g/mol.